The molecule has 1 radical (unpaired) electrons. The summed E-state index contributed by atoms with van der Waals surface area (Å²) in [6, 6.07) is 1.77. The number of carbonyl (C=O) groups is 3. The van der Waals surface area contributed by atoms with E-state index in [0.29, 0.717) is 18.0 Å². The largest absolute Gasteiger partial charge is 0.333 e. The van der Waals surface area contributed by atoms with Crippen LogP contribution in [-0.2, 0) is 14.4 Å². The smallest absolute Gasteiger partial charge is 0.325 e. The Hall–Kier alpha value is -2.22. The molecular weight excluding hydrogens is 366 g/mol. The number of nitrogens with one attached hydrogen (secondary N) is 1. The van der Waals surface area contributed by atoms with Crippen molar-refractivity contribution in [1.82, 2.24) is 15.1 Å². The van der Waals surface area contributed by atoms with Crippen LogP contribution in [0.15, 0.2) is 17.5 Å². The van der Waals surface area contributed by atoms with Gasteiger partial charge < -0.3 is 10.2 Å². The molecule has 1 aromatic rings. The molecule has 1 fully saturated rings. The van der Waals surface area contributed by atoms with E-state index in [1.165, 1.54) is 35.5 Å². The summed E-state index contributed by atoms with van der Waals surface area (Å²) in [5.41, 5.74) is 0. The van der Waals surface area contributed by atoms with Crippen molar-refractivity contribution in [3.05, 3.63) is 22.4 Å². The summed E-state index contributed by atoms with van der Waals surface area (Å²) in [6.07, 6.45) is 8.36. The van der Waals surface area contributed by atoms with Gasteiger partial charge in [0.05, 0.1) is 0 Å². The molecule has 1 saturated heterocycles. The van der Waals surface area contributed by atoms with Crippen molar-refractivity contribution in [3.63, 3.8) is 0 Å². The first-order chi connectivity index (χ1) is 13.1. The normalized spacial score (nSPS) is 15.7. The van der Waals surface area contributed by atoms with Crippen LogP contribution in [-0.4, -0.2) is 53.6 Å². The highest BCUT2D eigenvalue weighted by Gasteiger charge is 2.36. The molecule has 0 aromatic carbocycles. The summed E-state index contributed by atoms with van der Waals surface area (Å²) >= 11 is 1.31. The van der Waals surface area contributed by atoms with Gasteiger partial charge in [0.2, 0.25) is 6.29 Å². The Kier molecular flexibility index (Phi) is 8.44. The molecule has 7 nitrogen and oxygen atoms in total. The van der Waals surface area contributed by atoms with Crippen LogP contribution in [0.5, 0.6) is 0 Å². The zero-order chi connectivity index (χ0) is 19.6. The van der Waals surface area contributed by atoms with Gasteiger partial charge in [-0.05, 0) is 17.9 Å². The van der Waals surface area contributed by atoms with E-state index in [0.717, 1.165) is 24.2 Å². The number of imide groups is 1. The van der Waals surface area contributed by atoms with Gasteiger partial charge in [-0.3, -0.25) is 19.3 Å². The van der Waals surface area contributed by atoms with E-state index in [4.69, 9.17) is 0 Å². The quantitative estimate of drug-likeness (QED) is 0.490. The van der Waals surface area contributed by atoms with Crippen molar-refractivity contribution >= 4 is 35.5 Å². The third kappa shape index (κ3) is 5.89. The Morgan fingerprint density at radius 1 is 1.19 bits per heavy atom. The summed E-state index contributed by atoms with van der Waals surface area (Å²) in [5.74, 6) is -1.51. The maximum absolute atomic E-state index is 12.3. The van der Waals surface area contributed by atoms with Crippen molar-refractivity contribution in [2.24, 2.45) is 0 Å². The van der Waals surface area contributed by atoms with E-state index >= 15 is 0 Å². The van der Waals surface area contributed by atoms with Gasteiger partial charge in [-0.25, -0.2) is 4.79 Å². The van der Waals surface area contributed by atoms with Crippen LogP contribution >= 0.6 is 11.3 Å². The van der Waals surface area contributed by atoms with Crippen LogP contribution in [0.1, 0.15) is 56.4 Å². The van der Waals surface area contributed by atoms with E-state index in [-0.39, 0.29) is 6.54 Å². The number of carbonyl (C=O) groups excluding carboxylic acids is 4. The number of hydrogen-bond donors (Lipinski definition) is 1. The molecule has 0 spiro atoms. The van der Waals surface area contributed by atoms with Crippen molar-refractivity contribution in [2.75, 3.05) is 19.6 Å². The molecular formula is C19H26N3O4S. The molecule has 27 heavy (non-hydrogen) atoms. The fourth-order valence-electron chi connectivity index (χ4n) is 2.98. The molecule has 0 bridgehead atoms. The van der Waals surface area contributed by atoms with Gasteiger partial charge in [-0.2, -0.15) is 0 Å². The first kappa shape index (κ1) is 21.1. The lowest BCUT2D eigenvalue weighted by molar-refractivity contribution is -0.153. The van der Waals surface area contributed by atoms with Crippen molar-refractivity contribution in [3.8, 4) is 0 Å². The fraction of sp³-hybridized carbons (Fsp3) is 0.579. The highest BCUT2D eigenvalue weighted by atomic mass is 32.1. The van der Waals surface area contributed by atoms with Crippen LogP contribution in [0, 0.1) is 0 Å². The monoisotopic (exact) mass is 392 g/mol. The number of nitrogens with zero attached hydrogens (tertiary/aromatic N) is 2. The third-order valence-electron chi connectivity index (χ3n) is 4.55. The molecule has 0 saturated carbocycles. The minimum atomic E-state index is -0.943. The molecule has 1 aromatic heterocycles. The van der Waals surface area contributed by atoms with Gasteiger partial charge in [0.25, 0.3) is 0 Å². The lowest BCUT2D eigenvalue weighted by Gasteiger charge is -2.32. The lowest BCUT2D eigenvalue weighted by Crippen LogP contribution is -2.58. The summed E-state index contributed by atoms with van der Waals surface area (Å²) in [7, 11) is 0. The highest BCUT2D eigenvalue weighted by molar-refractivity contribution is 7.10. The molecule has 1 N–H and O–H groups in total. The Balaban J connectivity index is 1.82. The maximum atomic E-state index is 12.3. The number of urea groups is 1. The number of unbranched alkanes of at least 4 members (excludes halogenated alkanes) is 5. The lowest BCUT2D eigenvalue weighted by atomic mass is 10.1. The SMILES string of the molecule is CCCCCCCCN1CCN(C(=O)NC([C]=O)c2cccs2)C(=O)C1=O. The van der Waals surface area contributed by atoms with E-state index in [9.17, 15) is 19.2 Å². The van der Waals surface area contributed by atoms with Crippen LogP contribution in [0.2, 0.25) is 0 Å². The average Bonchev–Trinajstić information content (AvgIpc) is 3.20. The minimum Gasteiger partial charge on any atom is -0.333 e. The Bertz CT molecular complexity index is 647. The summed E-state index contributed by atoms with van der Waals surface area (Å²) < 4.78 is 0. The van der Waals surface area contributed by atoms with Crippen LogP contribution in [0.25, 0.3) is 0 Å². The summed E-state index contributed by atoms with van der Waals surface area (Å²) in [4.78, 5) is 51.0. The predicted octanol–water partition coefficient (Wildman–Crippen LogP) is 2.64. The molecule has 4 amide bonds. The molecule has 1 aliphatic heterocycles. The van der Waals surface area contributed by atoms with E-state index in [2.05, 4.69) is 12.2 Å². The first-order valence-corrected chi connectivity index (χ1v) is 10.3. The second-order valence-electron chi connectivity index (χ2n) is 6.53. The number of amides is 4. The average molecular weight is 393 g/mol. The minimum absolute atomic E-state index is 0.127. The van der Waals surface area contributed by atoms with Gasteiger partial charge in [0.1, 0.15) is 6.04 Å². The van der Waals surface area contributed by atoms with Crippen LogP contribution in [0.4, 0.5) is 4.79 Å². The predicted molar refractivity (Wildman–Crippen MR) is 103 cm³/mol. The summed E-state index contributed by atoms with van der Waals surface area (Å²) in [5, 5.41) is 4.24. The molecule has 147 valence electrons. The second-order valence-corrected chi connectivity index (χ2v) is 7.51. The Labute approximate surface area is 163 Å². The second kappa shape index (κ2) is 10.8. The van der Waals surface area contributed by atoms with E-state index in [1.807, 2.05) is 0 Å². The number of rotatable bonds is 10. The highest BCUT2D eigenvalue weighted by Crippen LogP contribution is 2.18. The number of thiophene rings is 1. The van der Waals surface area contributed by atoms with E-state index < -0.39 is 23.9 Å². The Morgan fingerprint density at radius 3 is 2.59 bits per heavy atom. The first-order valence-electron chi connectivity index (χ1n) is 9.40. The molecule has 1 atom stereocenters. The van der Waals surface area contributed by atoms with Crippen molar-refractivity contribution in [1.29, 1.82) is 0 Å². The molecule has 1 aliphatic rings. The third-order valence-corrected chi connectivity index (χ3v) is 5.49. The van der Waals surface area contributed by atoms with Gasteiger partial charge in [0, 0.05) is 24.5 Å². The van der Waals surface area contributed by atoms with E-state index in [1.54, 1.807) is 23.8 Å². The van der Waals surface area contributed by atoms with Gasteiger partial charge in [-0.15, -0.1) is 11.3 Å². The Morgan fingerprint density at radius 2 is 1.93 bits per heavy atom. The topological polar surface area (TPSA) is 86.8 Å². The standard InChI is InChI=1S/C19H26N3O4S/c1-2-3-4-5-6-7-10-21-11-12-22(18(25)17(21)24)19(26)20-15(14-23)16-9-8-13-27-16/h8-9,13,15H,2-7,10-12H2,1H3,(H,20,26). The maximum Gasteiger partial charge on any atom is 0.325 e. The number of hydrogen-bond acceptors (Lipinski definition) is 5. The molecule has 2 heterocycles. The molecule has 0 aliphatic carbocycles. The summed E-state index contributed by atoms with van der Waals surface area (Å²) in [6.45, 7) is 3.14. The van der Waals surface area contributed by atoms with Gasteiger partial charge in [0.15, 0.2) is 0 Å². The molecule has 1 unspecified atom stereocenters. The number of piperazine rings is 1. The molecule has 2 rings (SSSR count). The van der Waals surface area contributed by atoms with Gasteiger partial charge in [-0.1, -0.05) is 45.1 Å². The fourth-order valence-corrected chi connectivity index (χ4v) is 3.69. The van der Waals surface area contributed by atoms with Crippen molar-refractivity contribution < 1.29 is 19.2 Å². The zero-order valence-electron chi connectivity index (χ0n) is 15.6. The van der Waals surface area contributed by atoms with Crippen LogP contribution < -0.4 is 5.32 Å². The molecule has 8 heteroatoms. The zero-order valence-corrected chi connectivity index (χ0v) is 16.4. The van der Waals surface area contributed by atoms with Crippen molar-refractivity contribution in [2.45, 2.75) is 51.5 Å². The van der Waals surface area contributed by atoms with Crippen LogP contribution in [0.3, 0.4) is 0 Å². The van der Waals surface area contributed by atoms with Gasteiger partial charge >= 0.3 is 17.8 Å².